The van der Waals surface area contributed by atoms with Crippen LogP contribution in [0.1, 0.15) is 63.4 Å². The van der Waals surface area contributed by atoms with Crippen molar-refractivity contribution in [2.45, 2.75) is 57.8 Å². The molecule has 0 heterocycles. The lowest BCUT2D eigenvalue weighted by molar-refractivity contribution is 0.389. The molecule has 0 radical (unpaired) electrons. The standard InChI is InChI=1S/C22H26/c1-2-9-17(10-3-1)19-14-6-7-15-21(19)22-16-8-12-18-11-4-5-13-20(18)22/h4-5,8,11-13,16-17H,1-3,6-7,9-10,14-15H2. The molecule has 0 heteroatoms. The number of allylic oxidation sites excluding steroid dienone is 2. The molecular weight excluding hydrogens is 264 g/mol. The summed E-state index contributed by atoms with van der Waals surface area (Å²) in [5.74, 6) is 0.878. The molecule has 0 bridgehead atoms. The highest BCUT2D eigenvalue weighted by Crippen LogP contribution is 2.42. The van der Waals surface area contributed by atoms with Gasteiger partial charge in [-0.1, -0.05) is 67.3 Å². The Bertz CT molecular complexity index is 681. The summed E-state index contributed by atoms with van der Waals surface area (Å²) in [5, 5.41) is 2.84. The van der Waals surface area contributed by atoms with Gasteiger partial charge in [0.05, 0.1) is 0 Å². The lowest BCUT2D eigenvalue weighted by atomic mass is 9.75. The topological polar surface area (TPSA) is 0 Å². The summed E-state index contributed by atoms with van der Waals surface area (Å²) in [6, 6.07) is 15.8. The molecule has 114 valence electrons. The molecule has 0 nitrogen and oxygen atoms in total. The lowest BCUT2D eigenvalue weighted by Gasteiger charge is -2.31. The summed E-state index contributed by atoms with van der Waals surface area (Å²) in [6.07, 6.45) is 12.6. The van der Waals surface area contributed by atoms with E-state index in [2.05, 4.69) is 42.5 Å². The van der Waals surface area contributed by atoms with Gasteiger partial charge >= 0.3 is 0 Å². The van der Waals surface area contributed by atoms with Crippen LogP contribution in [0.3, 0.4) is 0 Å². The average molecular weight is 290 g/mol. The number of fused-ring (bicyclic) bond motifs is 1. The van der Waals surface area contributed by atoms with Crippen molar-refractivity contribution >= 4 is 16.3 Å². The molecule has 4 rings (SSSR count). The van der Waals surface area contributed by atoms with E-state index in [-0.39, 0.29) is 0 Å². The third-order valence-corrected chi connectivity index (χ3v) is 5.72. The maximum atomic E-state index is 2.37. The van der Waals surface area contributed by atoms with Gasteiger partial charge in [-0.2, -0.15) is 0 Å². The van der Waals surface area contributed by atoms with E-state index in [4.69, 9.17) is 0 Å². The van der Waals surface area contributed by atoms with Gasteiger partial charge in [0.2, 0.25) is 0 Å². The van der Waals surface area contributed by atoms with Gasteiger partial charge in [0.15, 0.2) is 0 Å². The largest absolute Gasteiger partial charge is 0.0633 e. The second kappa shape index (κ2) is 6.28. The molecule has 2 aliphatic carbocycles. The van der Waals surface area contributed by atoms with Crippen LogP contribution in [0.25, 0.3) is 16.3 Å². The maximum absolute atomic E-state index is 2.37. The molecule has 0 unspecified atom stereocenters. The van der Waals surface area contributed by atoms with Crippen molar-refractivity contribution < 1.29 is 0 Å². The van der Waals surface area contributed by atoms with Gasteiger partial charge < -0.3 is 0 Å². The number of hydrogen-bond acceptors (Lipinski definition) is 0. The molecular formula is C22H26. The molecule has 1 saturated carbocycles. The van der Waals surface area contributed by atoms with Crippen LogP contribution in [0.15, 0.2) is 48.0 Å². The molecule has 0 aromatic heterocycles. The maximum Gasteiger partial charge on any atom is -0.0109 e. The summed E-state index contributed by atoms with van der Waals surface area (Å²) in [5.41, 5.74) is 5.05. The second-order valence-electron chi connectivity index (χ2n) is 7.07. The third-order valence-electron chi connectivity index (χ3n) is 5.72. The number of rotatable bonds is 2. The minimum Gasteiger partial charge on any atom is -0.0633 e. The fourth-order valence-electron chi connectivity index (χ4n) is 4.63. The zero-order valence-corrected chi connectivity index (χ0v) is 13.5. The number of benzene rings is 2. The van der Waals surface area contributed by atoms with E-state index < -0.39 is 0 Å². The van der Waals surface area contributed by atoms with Crippen molar-refractivity contribution in [2.24, 2.45) is 5.92 Å². The molecule has 0 amide bonds. The first kappa shape index (κ1) is 14.1. The minimum atomic E-state index is 0.878. The zero-order valence-electron chi connectivity index (χ0n) is 13.5. The first-order valence-electron chi connectivity index (χ1n) is 9.13. The van der Waals surface area contributed by atoms with E-state index in [1.807, 2.05) is 5.57 Å². The molecule has 2 aromatic carbocycles. The monoisotopic (exact) mass is 290 g/mol. The summed E-state index contributed by atoms with van der Waals surface area (Å²) < 4.78 is 0. The first-order valence-corrected chi connectivity index (χ1v) is 9.13. The van der Waals surface area contributed by atoms with Crippen LogP contribution >= 0.6 is 0 Å². The predicted octanol–water partition coefficient (Wildman–Crippen LogP) is 6.75. The number of hydrogen-bond donors (Lipinski definition) is 0. The molecule has 22 heavy (non-hydrogen) atoms. The smallest absolute Gasteiger partial charge is 0.0109 e. The SMILES string of the molecule is c1ccc2c(C3=C(C4CCCCC4)CCCC3)cccc2c1. The van der Waals surface area contributed by atoms with Crippen LogP contribution in [0.5, 0.6) is 0 Å². The van der Waals surface area contributed by atoms with Gasteiger partial charge in [-0.05, 0) is 66.4 Å². The van der Waals surface area contributed by atoms with Gasteiger partial charge in [0, 0.05) is 0 Å². The van der Waals surface area contributed by atoms with E-state index in [0.717, 1.165) is 5.92 Å². The van der Waals surface area contributed by atoms with Gasteiger partial charge in [-0.3, -0.25) is 0 Å². The van der Waals surface area contributed by atoms with Crippen molar-refractivity contribution in [3.05, 3.63) is 53.6 Å². The summed E-state index contributed by atoms with van der Waals surface area (Å²) in [4.78, 5) is 0. The first-order chi connectivity index (χ1) is 10.9. The quantitative estimate of drug-likeness (QED) is 0.574. The fraction of sp³-hybridized carbons (Fsp3) is 0.455. The zero-order chi connectivity index (χ0) is 14.8. The average Bonchev–Trinajstić information content (AvgIpc) is 2.62. The van der Waals surface area contributed by atoms with Crippen LogP contribution in [0, 0.1) is 5.92 Å². The Morgan fingerprint density at radius 2 is 1.45 bits per heavy atom. The molecule has 2 aromatic rings. The van der Waals surface area contributed by atoms with Crippen LogP contribution < -0.4 is 0 Å². The van der Waals surface area contributed by atoms with E-state index in [0.29, 0.717) is 0 Å². The van der Waals surface area contributed by atoms with Crippen molar-refractivity contribution in [3.63, 3.8) is 0 Å². The second-order valence-corrected chi connectivity index (χ2v) is 7.07. The fourth-order valence-corrected chi connectivity index (χ4v) is 4.63. The lowest BCUT2D eigenvalue weighted by Crippen LogP contribution is -2.13. The minimum absolute atomic E-state index is 0.878. The van der Waals surface area contributed by atoms with Crippen LogP contribution in [0.2, 0.25) is 0 Å². The van der Waals surface area contributed by atoms with E-state index in [9.17, 15) is 0 Å². The molecule has 0 atom stereocenters. The van der Waals surface area contributed by atoms with Gasteiger partial charge in [-0.25, -0.2) is 0 Å². The highest BCUT2D eigenvalue weighted by Gasteiger charge is 2.24. The van der Waals surface area contributed by atoms with Gasteiger partial charge in [-0.15, -0.1) is 0 Å². The van der Waals surface area contributed by atoms with E-state index in [1.54, 1.807) is 5.57 Å². The highest BCUT2D eigenvalue weighted by atomic mass is 14.3. The Morgan fingerprint density at radius 3 is 2.36 bits per heavy atom. The molecule has 0 spiro atoms. The Morgan fingerprint density at radius 1 is 0.682 bits per heavy atom. The Labute approximate surface area is 134 Å². The Kier molecular flexibility index (Phi) is 4.01. The molecule has 0 aliphatic heterocycles. The van der Waals surface area contributed by atoms with Crippen molar-refractivity contribution in [1.29, 1.82) is 0 Å². The normalized spacial score (nSPS) is 20.5. The van der Waals surface area contributed by atoms with E-state index in [1.165, 1.54) is 74.1 Å². The Balaban J connectivity index is 1.84. The molecule has 0 saturated heterocycles. The third kappa shape index (κ3) is 2.60. The molecule has 2 aliphatic rings. The van der Waals surface area contributed by atoms with Gasteiger partial charge in [0.1, 0.15) is 0 Å². The van der Waals surface area contributed by atoms with Crippen LogP contribution in [-0.4, -0.2) is 0 Å². The Hall–Kier alpha value is -1.56. The summed E-state index contributed by atoms with van der Waals surface area (Å²) >= 11 is 0. The van der Waals surface area contributed by atoms with Crippen molar-refractivity contribution in [3.8, 4) is 0 Å². The van der Waals surface area contributed by atoms with Gasteiger partial charge in [0.25, 0.3) is 0 Å². The van der Waals surface area contributed by atoms with E-state index >= 15 is 0 Å². The van der Waals surface area contributed by atoms with Crippen LogP contribution in [-0.2, 0) is 0 Å². The van der Waals surface area contributed by atoms with Crippen molar-refractivity contribution in [2.75, 3.05) is 0 Å². The van der Waals surface area contributed by atoms with Crippen LogP contribution in [0.4, 0.5) is 0 Å². The summed E-state index contributed by atoms with van der Waals surface area (Å²) in [7, 11) is 0. The molecule has 1 fully saturated rings. The van der Waals surface area contributed by atoms with Crippen molar-refractivity contribution in [1.82, 2.24) is 0 Å². The predicted molar refractivity (Wildman–Crippen MR) is 95.9 cm³/mol. The molecule has 0 N–H and O–H groups in total. The summed E-state index contributed by atoms with van der Waals surface area (Å²) in [6.45, 7) is 0. The highest BCUT2D eigenvalue weighted by molar-refractivity contribution is 5.94.